The van der Waals surface area contributed by atoms with Crippen LogP contribution in [0.2, 0.25) is 0 Å². The molecule has 1 aromatic heterocycles. The van der Waals surface area contributed by atoms with Crippen molar-refractivity contribution in [3.63, 3.8) is 0 Å². The molecule has 4 rings (SSSR count). The van der Waals surface area contributed by atoms with E-state index < -0.39 is 6.04 Å². The zero-order chi connectivity index (χ0) is 17.4. The first-order valence-corrected chi connectivity index (χ1v) is 8.69. The molecule has 0 unspecified atom stereocenters. The van der Waals surface area contributed by atoms with Crippen LogP contribution in [0.1, 0.15) is 42.7 Å². The smallest absolute Gasteiger partial charge is 0.245 e. The monoisotopic (exact) mass is 339 g/mol. The van der Waals surface area contributed by atoms with Gasteiger partial charge in [-0.2, -0.15) is 0 Å². The number of aromatic nitrogens is 1. The average molecular weight is 339 g/mol. The van der Waals surface area contributed by atoms with Gasteiger partial charge in [0.1, 0.15) is 24.0 Å². The van der Waals surface area contributed by atoms with E-state index in [-0.39, 0.29) is 18.4 Å². The van der Waals surface area contributed by atoms with Crippen LogP contribution in [-0.2, 0) is 22.7 Å². The molecule has 0 spiro atoms. The summed E-state index contributed by atoms with van der Waals surface area (Å²) >= 11 is 0. The average Bonchev–Trinajstić information content (AvgIpc) is 3.36. The fourth-order valence-electron chi connectivity index (χ4n) is 3.25. The van der Waals surface area contributed by atoms with Crippen LogP contribution < -0.4 is 0 Å². The van der Waals surface area contributed by atoms with Crippen molar-refractivity contribution in [3.8, 4) is 0 Å². The summed E-state index contributed by atoms with van der Waals surface area (Å²) in [5.74, 6) is 1.29. The number of hydrogen-bond acceptors (Lipinski definition) is 4. The summed E-state index contributed by atoms with van der Waals surface area (Å²) in [6, 6.07) is 11.1. The van der Waals surface area contributed by atoms with Gasteiger partial charge in [-0.15, -0.1) is 0 Å². The second kappa shape index (κ2) is 6.35. The normalized spacial score (nSPS) is 21.1. The third kappa shape index (κ3) is 3.29. The zero-order valence-electron chi connectivity index (χ0n) is 14.2. The molecule has 1 aromatic carbocycles. The number of piperazine rings is 1. The molecule has 2 fully saturated rings. The minimum absolute atomic E-state index is 0.0330. The van der Waals surface area contributed by atoms with Crippen molar-refractivity contribution in [1.82, 2.24) is 15.0 Å². The van der Waals surface area contributed by atoms with Crippen LogP contribution in [0.5, 0.6) is 0 Å². The lowest BCUT2D eigenvalue weighted by atomic mass is 10.1. The van der Waals surface area contributed by atoms with Crippen molar-refractivity contribution < 1.29 is 14.1 Å². The van der Waals surface area contributed by atoms with Crippen LogP contribution in [0.25, 0.3) is 0 Å². The minimum Gasteiger partial charge on any atom is -0.361 e. The lowest BCUT2D eigenvalue weighted by molar-refractivity contribution is -0.156. The molecule has 0 radical (unpaired) electrons. The number of nitrogens with zero attached hydrogens (tertiary/aromatic N) is 3. The Balaban J connectivity index is 1.44. The molecule has 6 heteroatoms. The summed E-state index contributed by atoms with van der Waals surface area (Å²) in [6.07, 6.45) is 2.28. The summed E-state index contributed by atoms with van der Waals surface area (Å²) in [6.45, 7) is 2.66. The Bertz CT molecular complexity index is 782. The summed E-state index contributed by atoms with van der Waals surface area (Å²) in [5, 5.41) is 4.06. The molecule has 1 aliphatic heterocycles. The van der Waals surface area contributed by atoms with E-state index in [2.05, 4.69) is 5.16 Å². The van der Waals surface area contributed by atoms with Crippen molar-refractivity contribution in [1.29, 1.82) is 0 Å². The second-order valence-electron chi connectivity index (χ2n) is 6.87. The van der Waals surface area contributed by atoms with E-state index in [4.69, 9.17) is 4.52 Å². The minimum atomic E-state index is -0.494. The standard InChI is InChI=1S/C19H21N3O3/c1-13-19(24)21(10-14-5-3-2-4-6-14)12-18(23)22(13)11-16-9-17(25-20-16)15-7-8-15/h2-6,9,13,15H,7-8,10-12H2,1H3/t13-/m0/s1. The molecule has 6 nitrogen and oxygen atoms in total. The van der Waals surface area contributed by atoms with Crippen molar-refractivity contribution in [2.24, 2.45) is 0 Å². The summed E-state index contributed by atoms with van der Waals surface area (Å²) in [5.41, 5.74) is 1.74. The SMILES string of the molecule is C[C@H]1C(=O)N(Cc2ccccc2)CC(=O)N1Cc1cc(C2CC2)on1. The van der Waals surface area contributed by atoms with E-state index in [0.717, 1.165) is 24.2 Å². The van der Waals surface area contributed by atoms with E-state index in [1.54, 1.807) is 16.7 Å². The topological polar surface area (TPSA) is 66.7 Å². The number of carbonyl (C=O) groups excluding carboxylic acids is 2. The highest BCUT2D eigenvalue weighted by atomic mass is 16.5. The van der Waals surface area contributed by atoms with Gasteiger partial charge in [-0.1, -0.05) is 35.5 Å². The Morgan fingerprint density at radius 2 is 1.92 bits per heavy atom. The molecule has 1 saturated heterocycles. The predicted molar refractivity (Wildman–Crippen MR) is 90.3 cm³/mol. The third-order valence-corrected chi connectivity index (χ3v) is 4.89. The Morgan fingerprint density at radius 3 is 2.64 bits per heavy atom. The number of rotatable bonds is 5. The molecule has 1 atom stereocenters. The Labute approximate surface area is 146 Å². The van der Waals surface area contributed by atoms with E-state index in [1.165, 1.54) is 0 Å². The number of carbonyl (C=O) groups is 2. The molecule has 2 amide bonds. The van der Waals surface area contributed by atoms with Crippen LogP contribution in [0, 0.1) is 0 Å². The molecule has 2 heterocycles. The second-order valence-corrected chi connectivity index (χ2v) is 6.87. The van der Waals surface area contributed by atoms with Gasteiger partial charge in [-0.25, -0.2) is 0 Å². The van der Waals surface area contributed by atoms with Crippen molar-refractivity contribution in [3.05, 3.63) is 53.4 Å². The third-order valence-electron chi connectivity index (χ3n) is 4.89. The zero-order valence-corrected chi connectivity index (χ0v) is 14.2. The van der Waals surface area contributed by atoms with E-state index in [0.29, 0.717) is 24.7 Å². The Hall–Kier alpha value is -2.63. The first-order chi connectivity index (χ1) is 12.1. The number of amides is 2. The van der Waals surface area contributed by atoms with Crippen LogP contribution in [0.15, 0.2) is 40.9 Å². The maximum Gasteiger partial charge on any atom is 0.245 e. The van der Waals surface area contributed by atoms with Gasteiger partial charge >= 0.3 is 0 Å². The maximum absolute atomic E-state index is 12.7. The molecule has 25 heavy (non-hydrogen) atoms. The fourth-order valence-corrected chi connectivity index (χ4v) is 3.25. The molecule has 2 aliphatic rings. The quantitative estimate of drug-likeness (QED) is 0.838. The number of hydrogen-bond donors (Lipinski definition) is 0. The summed E-state index contributed by atoms with van der Waals surface area (Å²) < 4.78 is 5.34. The van der Waals surface area contributed by atoms with Gasteiger partial charge in [-0.3, -0.25) is 9.59 Å². The lowest BCUT2D eigenvalue weighted by Crippen LogP contribution is -2.58. The van der Waals surface area contributed by atoms with Gasteiger partial charge in [0.05, 0.1) is 6.54 Å². The largest absolute Gasteiger partial charge is 0.361 e. The number of benzene rings is 1. The summed E-state index contributed by atoms with van der Waals surface area (Å²) in [4.78, 5) is 28.5. The predicted octanol–water partition coefficient (Wildman–Crippen LogP) is 2.31. The highest BCUT2D eigenvalue weighted by molar-refractivity contribution is 5.94. The highest BCUT2D eigenvalue weighted by Crippen LogP contribution is 2.40. The van der Waals surface area contributed by atoms with Crippen LogP contribution in [0.4, 0.5) is 0 Å². The first-order valence-electron chi connectivity index (χ1n) is 8.69. The molecule has 0 N–H and O–H groups in total. The Kier molecular flexibility index (Phi) is 4.03. The van der Waals surface area contributed by atoms with Gasteiger partial charge in [-0.05, 0) is 25.3 Å². The van der Waals surface area contributed by atoms with E-state index in [9.17, 15) is 9.59 Å². The molecule has 1 aliphatic carbocycles. The molecule has 130 valence electrons. The Morgan fingerprint density at radius 1 is 1.16 bits per heavy atom. The first kappa shape index (κ1) is 15.9. The lowest BCUT2D eigenvalue weighted by Gasteiger charge is -2.38. The van der Waals surface area contributed by atoms with Crippen molar-refractivity contribution in [2.45, 2.75) is 44.8 Å². The van der Waals surface area contributed by atoms with E-state index >= 15 is 0 Å². The van der Waals surface area contributed by atoms with Gasteiger partial charge in [0.2, 0.25) is 11.8 Å². The van der Waals surface area contributed by atoms with Gasteiger partial charge < -0.3 is 14.3 Å². The van der Waals surface area contributed by atoms with Gasteiger partial charge in [0, 0.05) is 18.5 Å². The van der Waals surface area contributed by atoms with Gasteiger partial charge in [0.25, 0.3) is 0 Å². The molecule has 1 saturated carbocycles. The van der Waals surface area contributed by atoms with Crippen LogP contribution in [-0.4, -0.2) is 39.4 Å². The molecular weight excluding hydrogens is 318 g/mol. The summed E-state index contributed by atoms with van der Waals surface area (Å²) in [7, 11) is 0. The fraction of sp³-hybridized carbons (Fsp3) is 0.421. The van der Waals surface area contributed by atoms with Crippen LogP contribution in [0.3, 0.4) is 0 Å². The maximum atomic E-state index is 12.7. The van der Waals surface area contributed by atoms with Gasteiger partial charge in [0.15, 0.2) is 0 Å². The van der Waals surface area contributed by atoms with Crippen LogP contribution >= 0.6 is 0 Å². The van der Waals surface area contributed by atoms with Crippen molar-refractivity contribution >= 4 is 11.8 Å². The van der Waals surface area contributed by atoms with Crippen molar-refractivity contribution in [2.75, 3.05) is 6.54 Å². The molecule has 0 bridgehead atoms. The van der Waals surface area contributed by atoms with E-state index in [1.807, 2.05) is 36.4 Å². The molecule has 2 aromatic rings. The highest BCUT2D eigenvalue weighted by Gasteiger charge is 2.37. The molecular formula is C19H21N3O3.